The van der Waals surface area contributed by atoms with E-state index in [1.54, 1.807) is 31.2 Å². The van der Waals surface area contributed by atoms with E-state index in [9.17, 15) is 9.59 Å². The first kappa shape index (κ1) is 18.5. The average Bonchev–Trinajstić information content (AvgIpc) is 2.63. The second kappa shape index (κ2) is 7.95. The van der Waals surface area contributed by atoms with Crippen molar-refractivity contribution >= 4 is 17.6 Å². The Morgan fingerprint density at radius 2 is 1.74 bits per heavy atom. The zero-order valence-corrected chi connectivity index (χ0v) is 15.6. The maximum absolute atomic E-state index is 13.0. The summed E-state index contributed by atoms with van der Waals surface area (Å²) in [5.74, 6) is 0.477. The number of anilines is 1. The molecule has 6 heteroatoms. The molecule has 1 atom stereocenters. The van der Waals surface area contributed by atoms with E-state index in [0.29, 0.717) is 23.6 Å². The van der Waals surface area contributed by atoms with E-state index in [0.717, 1.165) is 16.9 Å². The zero-order valence-electron chi connectivity index (χ0n) is 15.6. The summed E-state index contributed by atoms with van der Waals surface area (Å²) in [6, 6.07) is 14.1. The van der Waals surface area contributed by atoms with Gasteiger partial charge >= 0.3 is 6.03 Å². The van der Waals surface area contributed by atoms with Gasteiger partial charge in [-0.05, 0) is 50.6 Å². The van der Waals surface area contributed by atoms with Crippen LogP contribution < -0.4 is 20.7 Å². The highest BCUT2D eigenvalue weighted by atomic mass is 16.5. The fraction of sp³-hybridized carbons (Fsp3) is 0.238. The second-order valence-corrected chi connectivity index (χ2v) is 6.39. The molecule has 2 aromatic rings. The molecule has 3 amide bonds. The first-order chi connectivity index (χ1) is 13.0. The molecule has 6 nitrogen and oxygen atoms in total. The Balaban J connectivity index is 1.86. The van der Waals surface area contributed by atoms with Crippen molar-refractivity contribution in [3.8, 4) is 5.75 Å². The van der Waals surface area contributed by atoms with Gasteiger partial charge in [0.15, 0.2) is 0 Å². The highest BCUT2D eigenvalue weighted by Gasteiger charge is 2.31. The molecule has 0 radical (unpaired) electrons. The van der Waals surface area contributed by atoms with Crippen molar-refractivity contribution in [3.63, 3.8) is 0 Å². The lowest BCUT2D eigenvalue weighted by Crippen LogP contribution is -2.45. The molecule has 0 aliphatic carbocycles. The summed E-state index contributed by atoms with van der Waals surface area (Å²) < 4.78 is 5.42. The summed E-state index contributed by atoms with van der Waals surface area (Å²) in [7, 11) is 0. The normalized spacial score (nSPS) is 16.4. The van der Waals surface area contributed by atoms with Gasteiger partial charge in [0.05, 0.1) is 18.2 Å². The lowest BCUT2D eigenvalue weighted by Gasteiger charge is -2.28. The topological polar surface area (TPSA) is 79.5 Å². The van der Waals surface area contributed by atoms with Gasteiger partial charge in [0.1, 0.15) is 5.75 Å². The van der Waals surface area contributed by atoms with Crippen molar-refractivity contribution in [1.29, 1.82) is 0 Å². The lowest BCUT2D eigenvalue weighted by atomic mass is 9.94. The molecular formula is C21H23N3O3. The zero-order chi connectivity index (χ0) is 19.4. The predicted octanol–water partition coefficient (Wildman–Crippen LogP) is 3.66. The molecule has 0 fully saturated rings. The number of ether oxygens (including phenoxy) is 1. The molecule has 1 aliphatic rings. The average molecular weight is 365 g/mol. The number of carbonyl (C=O) groups excluding carboxylic acids is 2. The van der Waals surface area contributed by atoms with Gasteiger partial charge in [0.2, 0.25) is 0 Å². The van der Waals surface area contributed by atoms with Gasteiger partial charge in [-0.25, -0.2) is 4.79 Å². The summed E-state index contributed by atoms with van der Waals surface area (Å²) in [5.41, 5.74) is 3.63. The SMILES string of the molecule is CCOc1ccc(NC(=O)C2=C(C)NC(=O)NC2c2ccc(C)cc2)cc1. The highest BCUT2D eigenvalue weighted by Crippen LogP contribution is 2.28. The van der Waals surface area contributed by atoms with E-state index in [2.05, 4.69) is 16.0 Å². The number of nitrogens with one attached hydrogen (secondary N) is 3. The van der Waals surface area contributed by atoms with E-state index < -0.39 is 6.04 Å². The van der Waals surface area contributed by atoms with Crippen molar-refractivity contribution in [1.82, 2.24) is 10.6 Å². The summed E-state index contributed by atoms with van der Waals surface area (Å²) >= 11 is 0. The molecule has 1 unspecified atom stereocenters. The maximum Gasteiger partial charge on any atom is 0.319 e. The van der Waals surface area contributed by atoms with Crippen LogP contribution in [0.1, 0.15) is 31.0 Å². The molecule has 1 heterocycles. The molecular weight excluding hydrogens is 342 g/mol. The molecule has 2 aromatic carbocycles. The molecule has 0 saturated heterocycles. The van der Waals surface area contributed by atoms with Crippen LogP contribution in [-0.4, -0.2) is 18.5 Å². The number of benzene rings is 2. The number of aryl methyl sites for hydroxylation is 1. The minimum Gasteiger partial charge on any atom is -0.494 e. The maximum atomic E-state index is 13.0. The fourth-order valence-corrected chi connectivity index (χ4v) is 3.00. The van der Waals surface area contributed by atoms with Crippen LogP contribution in [-0.2, 0) is 4.79 Å². The first-order valence-electron chi connectivity index (χ1n) is 8.87. The van der Waals surface area contributed by atoms with Crippen molar-refractivity contribution in [2.45, 2.75) is 26.8 Å². The first-order valence-corrected chi connectivity index (χ1v) is 8.87. The largest absolute Gasteiger partial charge is 0.494 e. The van der Waals surface area contributed by atoms with Crippen LogP contribution in [0.2, 0.25) is 0 Å². The number of amides is 3. The van der Waals surface area contributed by atoms with Crippen molar-refractivity contribution < 1.29 is 14.3 Å². The van der Waals surface area contributed by atoms with E-state index in [1.165, 1.54) is 0 Å². The lowest BCUT2D eigenvalue weighted by molar-refractivity contribution is -0.113. The van der Waals surface area contributed by atoms with Crippen LogP contribution in [0.15, 0.2) is 59.8 Å². The summed E-state index contributed by atoms with van der Waals surface area (Å²) in [6.07, 6.45) is 0. The fourth-order valence-electron chi connectivity index (χ4n) is 3.00. The van der Waals surface area contributed by atoms with Crippen molar-refractivity contribution in [3.05, 3.63) is 70.9 Å². The second-order valence-electron chi connectivity index (χ2n) is 6.39. The van der Waals surface area contributed by atoms with E-state index in [4.69, 9.17) is 4.74 Å². The standard InChI is InChI=1S/C21H23N3O3/c1-4-27-17-11-9-16(10-12-17)23-20(25)18-14(3)22-21(26)24-19(18)15-7-5-13(2)6-8-15/h5-12,19H,4H2,1-3H3,(H,23,25)(H2,22,24,26). The van der Waals surface area contributed by atoms with E-state index in [1.807, 2.05) is 38.1 Å². The van der Waals surface area contributed by atoms with Crippen LogP contribution in [0.4, 0.5) is 10.5 Å². The molecule has 0 aromatic heterocycles. The predicted molar refractivity (Wildman–Crippen MR) is 105 cm³/mol. The summed E-state index contributed by atoms with van der Waals surface area (Å²) in [4.78, 5) is 24.9. The molecule has 3 N–H and O–H groups in total. The molecule has 0 saturated carbocycles. The van der Waals surface area contributed by atoms with Gasteiger partial charge < -0.3 is 20.7 Å². The van der Waals surface area contributed by atoms with E-state index in [-0.39, 0.29) is 11.9 Å². The third-order valence-corrected chi connectivity index (χ3v) is 4.35. The number of hydrogen-bond acceptors (Lipinski definition) is 3. The van der Waals surface area contributed by atoms with E-state index >= 15 is 0 Å². The number of carbonyl (C=O) groups is 2. The molecule has 3 rings (SSSR count). The number of allylic oxidation sites excluding steroid dienone is 1. The number of hydrogen-bond donors (Lipinski definition) is 3. The van der Waals surface area contributed by atoms with Gasteiger partial charge in [-0.3, -0.25) is 4.79 Å². The van der Waals surface area contributed by atoms with Gasteiger partial charge in [0.25, 0.3) is 5.91 Å². The van der Waals surface area contributed by atoms with Crippen LogP contribution in [0.3, 0.4) is 0 Å². The molecule has 1 aliphatic heterocycles. The van der Waals surface area contributed by atoms with Gasteiger partial charge in [-0.2, -0.15) is 0 Å². The van der Waals surface area contributed by atoms with Gasteiger partial charge in [0, 0.05) is 11.4 Å². The number of urea groups is 1. The molecule has 27 heavy (non-hydrogen) atoms. The number of rotatable bonds is 5. The Morgan fingerprint density at radius 3 is 2.37 bits per heavy atom. The van der Waals surface area contributed by atoms with Crippen molar-refractivity contribution in [2.75, 3.05) is 11.9 Å². The van der Waals surface area contributed by atoms with Crippen LogP contribution in [0.5, 0.6) is 5.75 Å². The molecule has 140 valence electrons. The monoisotopic (exact) mass is 365 g/mol. The van der Waals surface area contributed by atoms with Crippen LogP contribution in [0, 0.1) is 6.92 Å². The smallest absolute Gasteiger partial charge is 0.319 e. The third kappa shape index (κ3) is 4.28. The highest BCUT2D eigenvalue weighted by molar-refractivity contribution is 6.06. The quantitative estimate of drug-likeness (QED) is 0.756. The van der Waals surface area contributed by atoms with Gasteiger partial charge in [-0.1, -0.05) is 29.8 Å². The van der Waals surface area contributed by atoms with Gasteiger partial charge in [-0.15, -0.1) is 0 Å². The molecule has 0 spiro atoms. The Bertz CT molecular complexity index is 871. The van der Waals surface area contributed by atoms with Crippen LogP contribution >= 0.6 is 0 Å². The minimum atomic E-state index is -0.512. The van der Waals surface area contributed by atoms with Crippen molar-refractivity contribution in [2.24, 2.45) is 0 Å². The molecule has 0 bridgehead atoms. The Kier molecular flexibility index (Phi) is 5.45. The Morgan fingerprint density at radius 1 is 1.07 bits per heavy atom. The van der Waals surface area contributed by atoms with Crippen LogP contribution in [0.25, 0.3) is 0 Å². The Hall–Kier alpha value is -3.28. The minimum absolute atomic E-state index is 0.269. The third-order valence-electron chi connectivity index (χ3n) is 4.35. The Labute approximate surface area is 158 Å². The summed E-state index contributed by atoms with van der Waals surface area (Å²) in [5, 5.41) is 8.41. The summed E-state index contributed by atoms with van der Waals surface area (Å²) in [6.45, 7) is 6.22.